The molecule has 2 rings (SSSR count). The fourth-order valence-electron chi connectivity index (χ4n) is 1.70. The van der Waals surface area contributed by atoms with Gasteiger partial charge < -0.3 is 15.8 Å². The molecular formula is C14H18N4O. The number of aryl methyl sites for hydroxylation is 1. The zero-order valence-electron chi connectivity index (χ0n) is 11.2. The molecule has 0 aliphatic rings. The van der Waals surface area contributed by atoms with E-state index in [0.29, 0.717) is 24.9 Å². The molecule has 5 nitrogen and oxygen atoms in total. The summed E-state index contributed by atoms with van der Waals surface area (Å²) in [4.78, 5) is 8.53. The van der Waals surface area contributed by atoms with Gasteiger partial charge in [-0.05, 0) is 31.5 Å². The van der Waals surface area contributed by atoms with Gasteiger partial charge in [-0.15, -0.1) is 0 Å². The van der Waals surface area contributed by atoms with Crippen molar-refractivity contribution in [2.45, 2.75) is 20.4 Å². The summed E-state index contributed by atoms with van der Waals surface area (Å²) >= 11 is 0. The van der Waals surface area contributed by atoms with Crippen LogP contribution in [0.3, 0.4) is 0 Å². The molecule has 1 aromatic carbocycles. The third-order valence-electron chi connectivity index (χ3n) is 2.57. The molecule has 100 valence electrons. The molecule has 0 spiro atoms. The maximum absolute atomic E-state index is 5.57. The summed E-state index contributed by atoms with van der Waals surface area (Å²) in [5, 5.41) is 3.22. The first-order chi connectivity index (χ1) is 9.21. The Bertz CT molecular complexity index is 540. The van der Waals surface area contributed by atoms with Crippen LogP contribution < -0.4 is 15.8 Å². The fraction of sp³-hybridized carbons (Fsp3) is 0.286. The first kappa shape index (κ1) is 13.3. The molecule has 0 fully saturated rings. The summed E-state index contributed by atoms with van der Waals surface area (Å²) in [6, 6.07) is 9.70. The Morgan fingerprint density at radius 1 is 1.21 bits per heavy atom. The molecule has 0 amide bonds. The van der Waals surface area contributed by atoms with E-state index in [-0.39, 0.29) is 0 Å². The summed E-state index contributed by atoms with van der Waals surface area (Å²) in [5.41, 5.74) is 7.62. The number of aromatic nitrogens is 2. The molecule has 0 unspecified atom stereocenters. The number of nitrogens with two attached hydrogens (primary N) is 1. The second-order valence-electron chi connectivity index (χ2n) is 4.10. The van der Waals surface area contributed by atoms with Crippen LogP contribution >= 0.6 is 0 Å². The highest BCUT2D eigenvalue weighted by Gasteiger charge is 2.03. The lowest BCUT2D eigenvalue weighted by Crippen LogP contribution is -2.01. The van der Waals surface area contributed by atoms with Crippen molar-refractivity contribution < 1.29 is 4.74 Å². The topological polar surface area (TPSA) is 73.1 Å². The van der Waals surface area contributed by atoms with Crippen LogP contribution in [0.4, 0.5) is 11.5 Å². The molecule has 0 bridgehead atoms. The molecule has 0 atom stereocenters. The first-order valence-electron chi connectivity index (χ1n) is 6.25. The van der Waals surface area contributed by atoms with Crippen molar-refractivity contribution in [3.63, 3.8) is 0 Å². The summed E-state index contributed by atoms with van der Waals surface area (Å²) in [6.45, 7) is 4.89. The van der Waals surface area contributed by atoms with Crippen molar-refractivity contribution in [3.05, 3.63) is 41.7 Å². The molecule has 0 saturated heterocycles. The van der Waals surface area contributed by atoms with Gasteiger partial charge in [0, 0.05) is 18.3 Å². The quantitative estimate of drug-likeness (QED) is 0.861. The van der Waals surface area contributed by atoms with Crippen LogP contribution in [0.25, 0.3) is 0 Å². The van der Waals surface area contributed by atoms with Crippen LogP contribution in [-0.4, -0.2) is 16.6 Å². The zero-order valence-corrected chi connectivity index (χ0v) is 11.2. The smallest absolute Gasteiger partial charge is 0.218 e. The average Bonchev–Trinajstić information content (AvgIpc) is 2.39. The van der Waals surface area contributed by atoms with Crippen molar-refractivity contribution in [1.29, 1.82) is 0 Å². The van der Waals surface area contributed by atoms with E-state index in [1.54, 1.807) is 6.07 Å². The van der Waals surface area contributed by atoms with Crippen molar-refractivity contribution >= 4 is 11.5 Å². The molecule has 3 N–H and O–H groups in total. The number of rotatable bonds is 5. The molecule has 1 heterocycles. The molecule has 0 aliphatic carbocycles. The highest BCUT2D eigenvalue weighted by molar-refractivity contribution is 5.57. The van der Waals surface area contributed by atoms with E-state index in [9.17, 15) is 0 Å². The van der Waals surface area contributed by atoms with E-state index >= 15 is 0 Å². The molecule has 2 aromatic rings. The van der Waals surface area contributed by atoms with Gasteiger partial charge in [-0.2, -0.15) is 4.98 Å². The Morgan fingerprint density at radius 3 is 2.58 bits per heavy atom. The first-order valence-corrected chi connectivity index (χ1v) is 6.25. The van der Waals surface area contributed by atoms with E-state index in [1.807, 2.05) is 38.1 Å². The molecule has 5 heteroatoms. The van der Waals surface area contributed by atoms with Gasteiger partial charge in [0.25, 0.3) is 0 Å². The van der Waals surface area contributed by atoms with Crippen LogP contribution in [0.2, 0.25) is 0 Å². The van der Waals surface area contributed by atoms with Crippen LogP contribution in [0, 0.1) is 6.92 Å². The number of hydrogen-bond acceptors (Lipinski definition) is 5. The predicted molar refractivity (Wildman–Crippen MR) is 75.6 cm³/mol. The summed E-state index contributed by atoms with van der Waals surface area (Å²) in [7, 11) is 0. The number of hydrogen-bond donors (Lipinski definition) is 2. The number of nitrogens with zero attached hydrogens (tertiary/aromatic N) is 2. The van der Waals surface area contributed by atoms with Crippen molar-refractivity contribution in [1.82, 2.24) is 9.97 Å². The van der Waals surface area contributed by atoms with E-state index in [1.165, 1.54) is 0 Å². The van der Waals surface area contributed by atoms with Gasteiger partial charge in [0.1, 0.15) is 11.6 Å². The summed E-state index contributed by atoms with van der Waals surface area (Å²) in [5.74, 6) is 1.97. The van der Waals surface area contributed by atoms with Crippen LogP contribution in [-0.2, 0) is 6.54 Å². The second kappa shape index (κ2) is 6.15. The average molecular weight is 258 g/mol. The van der Waals surface area contributed by atoms with Gasteiger partial charge >= 0.3 is 0 Å². The molecular weight excluding hydrogens is 240 g/mol. The van der Waals surface area contributed by atoms with E-state index < -0.39 is 0 Å². The lowest BCUT2D eigenvalue weighted by atomic mass is 10.2. The fourth-order valence-corrected chi connectivity index (χ4v) is 1.70. The minimum Gasteiger partial charge on any atom is -0.478 e. The summed E-state index contributed by atoms with van der Waals surface area (Å²) in [6.07, 6.45) is 0. The predicted octanol–water partition coefficient (Wildman–Crippen LogP) is 2.39. The number of ether oxygens (including phenoxy) is 1. The standard InChI is InChI=1S/C14H18N4O/c1-3-19-14-8-13(16-10(2)17-14)18-12-6-4-11(9-15)5-7-12/h4-8H,3,9,15H2,1-2H3,(H,16,17,18). The van der Waals surface area contributed by atoms with Crippen molar-refractivity contribution in [3.8, 4) is 5.88 Å². The Labute approximate surface area is 112 Å². The largest absolute Gasteiger partial charge is 0.478 e. The summed E-state index contributed by atoms with van der Waals surface area (Å²) < 4.78 is 5.39. The Kier molecular flexibility index (Phi) is 4.30. The minimum atomic E-state index is 0.543. The van der Waals surface area contributed by atoms with Gasteiger partial charge in [-0.3, -0.25) is 0 Å². The molecule has 1 aromatic heterocycles. The maximum atomic E-state index is 5.57. The SMILES string of the molecule is CCOc1cc(Nc2ccc(CN)cc2)nc(C)n1. The van der Waals surface area contributed by atoms with Gasteiger partial charge in [0.2, 0.25) is 5.88 Å². The minimum absolute atomic E-state index is 0.543. The van der Waals surface area contributed by atoms with E-state index in [0.717, 1.165) is 17.1 Å². The zero-order chi connectivity index (χ0) is 13.7. The van der Waals surface area contributed by atoms with Gasteiger partial charge in [0.05, 0.1) is 6.61 Å². The lowest BCUT2D eigenvalue weighted by Gasteiger charge is -2.09. The molecule has 0 aliphatic heterocycles. The second-order valence-corrected chi connectivity index (χ2v) is 4.10. The van der Waals surface area contributed by atoms with Gasteiger partial charge in [0.15, 0.2) is 0 Å². The van der Waals surface area contributed by atoms with Crippen LogP contribution in [0.5, 0.6) is 5.88 Å². The molecule has 0 radical (unpaired) electrons. The van der Waals surface area contributed by atoms with E-state index in [4.69, 9.17) is 10.5 Å². The number of anilines is 2. The van der Waals surface area contributed by atoms with E-state index in [2.05, 4.69) is 15.3 Å². The normalized spacial score (nSPS) is 10.3. The number of nitrogens with one attached hydrogen (secondary N) is 1. The Hall–Kier alpha value is -2.14. The molecule has 19 heavy (non-hydrogen) atoms. The Balaban J connectivity index is 2.17. The van der Waals surface area contributed by atoms with Crippen molar-refractivity contribution in [2.24, 2.45) is 5.73 Å². The highest BCUT2D eigenvalue weighted by atomic mass is 16.5. The van der Waals surface area contributed by atoms with Crippen LogP contribution in [0.1, 0.15) is 18.3 Å². The maximum Gasteiger partial charge on any atom is 0.218 e. The molecule has 0 saturated carbocycles. The van der Waals surface area contributed by atoms with Crippen LogP contribution in [0.15, 0.2) is 30.3 Å². The Morgan fingerprint density at radius 2 is 1.95 bits per heavy atom. The van der Waals surface area contributed by atoms with Gasteiger partial charge in [-0.25, -0.2) is 4.98 Å². The number of benzene rings is 1. The third kappa shape index (κ3) is 3.66. The lowest BCUT2D eigenvalue weighted by molar-refractivity contribution is 0.325. The van der Waals surface area contributed by atoms with Crippen molar-refractivity contribution in [2.75, 3.05) is 11.9 Å². The third-order valence-corrected chi connectivity index (χ3v) is 2.57. The monoisotopic (exact) mass is 258 g/mol. The van der Waals surface area contributed by atoms with Gasteiger partial charge in [-0.1, -0.05) is 12.1 Å². The highest BCUT2D eigenvalue weighted by Crippen LogP contribution is 2.19.